The van der Waals surface area contributed by atoms with E-state index in [9.17, 15) is 14.9 Å². The van der Waals surface area contributed by atoms with Gasteiger partial charge in [-0.25, -0.2) is 0 Å². The van der Waals surface area contributed by atoms with Gasteiger partial charge in [-0.2, -0.15) is 0 Å². The number of nitro groups is 1. The third kappa shape index (κ3) is 3.23. The molecular weight excluding hydrogens is 306 g/mol. The zero-order valence-electron chi connectivity index (χ0n) is 12.4. The van der Waals surface area contributed by atoms with Gasteiger partial charge in [0.2, 0.25) is 0 Å². The van der Waals surface area contributed by atoms with Gasteiger partial charge in [-0.1, -0.05) is 6.07 Å². The molecule has 0 saturated carbocycles. The minimum Gasteiger partial charge on any atom is -0.349 e. The zero-order chi connectivity index (χ0) is 15.0. The number of hydrogen-bond acceptors (Lipinski definition) is 4. The monoisotopic (exact) mass is 325 g/mol. The maximum absolute atomic E-state index is 12.4. The number of nitrogens with one attached hydrogen (secondary N) is 2. The Morgan fingerprint density at radius 2 is 1.95 bits per heavy atom. The third-order valence-electron chi connectivity index (χ3n) is 4.55. The zero-order valence-corrected chi connectivity index (χ0v) is 13.2. The lowest BCUT2D eigenvalue weighted by atomic mass is 9.98. The summed E-state index contributed by atoms with van der Waals surface area (Å²) >= 11 is 0. The highest BCUT2D eigenvalue weighted by Gasteiger charge is 2.34. The van der Waals surface area contributed by atoms with Gasteiger partial charge in [0.25, 0.3) is 11.6 Å². The summed E-state index contributed by atoms with van der Waals surface area (Å²) in [6, 6.07) is 5.80. The Bertz CT molecular complexity index is 581. The number of amides is 1. The van der Waals surface area contributed by atoms with E-state index in [4.69, 9.17) is 0 Å². The molecule has 1 aromatic carbocycles. The van der Waals surface area contributed by atoms with Crippen LogP contribution in [0.3, 0.4) is 0 Å². The van der Waals surface area contributed by atoms with Crippen molar-refractivity contribution in [2.75, 3.05) is 0 Å². The number of carbonyl (C=O) groups excluding carboxylic acids is 1. The van der Waals surface area contributed by atoms with Crippen LogP contribution in [0.25, 0.3) is 0 Å². The maximum Gasteiger partial charge on any atom is 0.273 e. The second-order valence-electron chi connectivity index (χ2n) is 5.99. The lowest BCUT2D eigenvalue weighted by Crippen LogP contribution is -2.48. The molecule has 120 valence electrons. The van der Waals surface area contributed by atoms with Crippen LogP contribution < -0.4 is 10.6 Å². The number of rotatable bonds is 3. The molecule has 1 aromatic rings. The summed E-state index contributed by atoms with van der Waals surface area (Å²) < 4.78 is 0. The molecule has 2 saturated heterocycles. The van der Waals surface area contributed by atoms with Gasteiger partial charge in [-0.05, 0) is 38.7 Å². The summed E-state index contributed by atoms with van der Waals surface area (Å²) in [5.74, 6) is -0.206. The van der Waals surface area contributed by atoms with E-state index >= 15 is 0 Å². The first-order valence-corrected chi connectivity index (χ1v) is 7.35. The summed E-state index contributed by atoms with van der Waals surface area (Å²) in [4.78, 5) is 22.9. The Kier molecular flexibility index (Phi) is 5.03. The van der Waals surface area contributed by atoms with Gasteiger partial charge >= 0.3 is 0 Å². The van der Waals surface area contributed by atoms with Crippen LogP contribution in [0, 0.1) is 17.0 Å². The van der Waals surface area contributed by atoms with E-state index in [-0.39, 0.29) is 30.0 Å². The molecule has 22 heavy (non-hydrogen) atoms. The van der Waals surface area contributed by atoms with Crippen molar-refractivity contribution in [2.24, 2.45) is 0 Å². The topological polar surface area (TPSA) is 84.3 Å². The van der Waals surface area contributed by atoms with Crippen LogP contribution in [0.1, 0.15) is 41.6 Å². The average molecular weight is 326 g/mol. The second-order valence-corrected chi connectivity index (χ2v) is 5.99. The van der Waals surface area contributed by atoms with Crippen LogP contribution in [0.4, 0.5) is 5.69 Å². The number of halogens is 1. The van der Waals surface area contributed by atoms with Gasteiger partial charge in [0.05, 0.1) is 4.92 Å². The standard InChI is InChI=1S/C15H19N3O3.ClH/c1-9-13(3-2-4-14(9)18(20)21)15(19)17-12-7-10-5-6-11(8-12)16-10;/h2-4,10-12,16H,5-8H2,1H3,(H,17,19);1H. The lowest BCUT2D eigenvalue weighted by molar-refractivity contribution is -0.385. The number of benzene rings is 1. The van der Waals surface area contributed by atoms with E-state index in [1.165, 1.54) is 18.9 Å². The summed E-state index contributed by atoms with van der Waals surface area (Å²) in [5.41, 5.74) is 0.819. The molecule has 0 spiro atoms. The molecule has 2 atom stereocenters. The highest BCUT2D eigenvalue weighted by Crippen LogP contribution is 2.27. The van der Waals surface area contributed by atoms with Crippen molar-refractivity contribution in [3.63, 3.8) is 0 Å². The Labute approximate surface area is 135 Å². The average Bonchev–Trinajstić information content (AvgIpc) is 2.77. The number of nitro benzene ring substituents is 1. The van der Waals surface area contributed by atoms with Crippen molar-refractivity contribution in [3.05, 3.63) is 39.4 Å². The van der Waals surface area contributed by atoms with Crippen molar-refractivity contribution in [2.45, 2.75) is 50.7 Å². The highest BCUT2D eigenvalue weighted by molar-refractivity contribution is 5.96. The maximum atomic E-state index is 12.4. The fraction of sp³-hybridized carbons (Fsp3) is 0.533. The molecule has 2 bridgehead atoms. The van der Waals surface area contributed by atoms with Crippen molar-refractivity contribution in [1.29, 1.82) is 0 Å². The van der Waals surface area contributed by atoms with E-state index < -0.39 is 4.92 Å². The predicted octanol–water partition coefficient (Wildman–Crippen LogP) is 2.34. The van der Waals surface area contributed by atoms with Crippen LogP contribution in [0.5, 0.6) is 0 Å². The van der Waals surface area contributed by atoms with Crippen LogP contribution >= 0.6 is 12.4 Å². The Morgan fingerprint density at radius 1 is 1.32 bits per heavy atom. The molecule has 2 aliphatic heterocycles. The minimum atomic E-state index is -0.448. The lowest BCUT2D eigenvalue weighted by Gasteiger charge is -2.29. The first-order valence-electron chi connectivity index (χ1n) is 7.35. The van der Waals surface area contributed by atoms with Gasteiger partial charge in [0.1, 0.15) is 0 Å². The van der Waals surface area contributed by atoms with Crippen molar-refractivity contribution < 1.29 is 9.72 Å². The van der Waals surface area contributed by atoms with E-state index in [2.05, 4.69) is 10.6 Å². The molecule has 7 heteroatoms. The normalized spacial score (nSPS) is 26.1. The van der Waals surface area contributed by atoms with Gasteiger partial charge in [0.15, 0.2) is 0 Å². The predicted molar refractivity (Wildman–Crippen MR) is 85.5 cm³/mol. The van der Waals surface area contributed by atoms with E-state index in [0.717, 1.165) is 12.8 Å². The van der Waals surface area contributed by atoms with Crippen molar-refractivity contribution in [3.8, 4) is 0 Å². The van der Waals surface area contributed by atoms with Gasteiger partial charge in [0, 0.05) is 35.3 Å². The number of fused-ring (bicyclic) bond motifs is 2. The van der Waals surface area contributed by atoms with Crippen molar-refractivity contribution >= 4 is 24.0 Å². The minimum absolute atomic E-state index is 0. The summed E-state index contributed by atoms with van der Waals surface area (Å²) in [5, 5.41) is 17.5. The molecule has 2 heterocycles. The first kappa shape index (κ1) is 16.7. The number of hydrogen-bond donors (Lipinski definition) is 2. The van der Waals surface area contributed by atoms with E-state index in [0.29, 0.717) is 23.2 Å². The molecule has 2 unspecified atom stereocenters. The number of carbonyl (C=O) groups is 1. The highest BCUT2D eigenvalue weighted by atomic mass is 35.5. The summed E-state index contributed by atoms with van der Waals surface area (Å²) in [6.45, 7) is 1.62. The fourth-order valence-corrected chi connectivity index (χ4v) is 3.51. The van der Waals surface area contributed by atoms with E-state index in [1.54, 1.807) is 19.1 Å². The van der Waals surface area contributed by atoms with Crippen LogP contribution in [-0.4, -0.2) is 29.0 Å². The molecule has 0 aromatic heterocycles. The molecule has 6 nitrogen and oxygen atoms in total. The second kappa shape index (κ2) is 6.62. The van der Waals surface area contributed by atoms with Crippen LogP contribution in [0.15, 0.2) is 18.2 Å². The van der Waals surface area contributed by atoms with Gasteiger partial charge in [-0.3, -0.25) is 14.9 Å². The largest absolute Gasteiger partial charge is 0.349 e. The summed E-state index contributed by atoms with van der Waals surface area (Å²) in [7, 11) is 0. The SMILES string of the molecule is Cc1c(C(=O)NC2CC3CCC(C2)N3)cccc1[N+](=O)[O-].Cl. The molecular formula is C15H20ClN3O3. The molecule has 2 N–H and O–H groups in total. The van der Waals surface area contributed by atoms with Crippen LogP contribution in [-0.2, 0) is 0 Å². The van der Waals surface area contributed by atoms with Crippen LogP contribution in [0.2, 0.25) is 0 Å². The fourth-order valence-electron chi connectivity index (χ4n) is 3.51. The summed E-state index contributed by atoms with van der Waals surface area (Å²) in [6.07, 6.45) is 4.23. The molecule has 2 aliphatic rings. The quantitative estimate of drug-likeness (QED) is 0.660. The molecule has 1 amide bonds. The molecule has 2 fully saturated rings. The Hall–Kier alpha value is -1.66. The molecule has 3 rings (SSSR count). The molecule has 0 aliphatic carbocycles. The Balaban J connectivity index is 0.00000176. The number of nitrogens with zero attached hydrogens (tertiary/aromatic N) is 1. The smallest absolute Gasteiger partial charge is 0.273 e. The van der Waals surface area contributed by atoms with Gasteiger partial charge in [-0.15, -0.1) is 12.4 Å². The third-order valence-corrected chi connectivity index (χ3v) is 4.55. The number of piperidine rings is 1. The first-order chi connectivity index (χ1) is 10.0. The molecule has 0 radical (unpaired) electrons. The Morgan fingerprint density at radius 3 is 2.55 bits per heavy atom. The van der Waals surface area contributed by atoms with Crippen molar-refractivity contribution in [1.82, 2.24) is 10.6 Å². The van der Waals surface area contributed by atoms with E-state index in [1.807, 2.05) is 0 Å². The van der Waals surface area contributed by atoms with Gasteiger partial charge < -0.3 is 10.6 Å².